The molecule has 1 atom stereocenters. The van der Waals surface area contributed by atoms with Gasteiger partial charge in [-0.05, 0) is 31.6 Å². The maximum atomic E-state index is 12.5. The van der Waals surface area contributed by atoms with Gasteiger partial charge in [0.1, 0.15) is 0 Å². The first-order valence-corrected chi connectivity index (χ1v) is 6.76. The van der Waals surface area contributed by atoms with E-state index in [0.717, 1.165) is 11.3 Å². The van der Waals surface area contributed by atoms with E-state index in [1.165, 1.54) is 0 Å². The van der Waals surface area contributed by atoms with Crippen molar-refractivity contribution >= 4 is 17.7 Å². The van der Waals surface area contributed by atoms with Crippen LogP contribution in [-0.2, 0) is 9.53 Å². The summed E-state index contributed by atoms with van der Waals surface area (Å²) in [4.78, 5) is 14.2. The zero-order valence-electron chi connectivity index (χ0n) is 12.0. The molecule has 1 aromatic carbocycles. The van der Waals surface area contributed by atoms with Gasteiger partial charge in [-0.15, -0.1) is 0 Å². The minimum absolute atomic E-state index is 0.0576. The number of hydrogen-bond donors (Lipinski definition) is 0. The summed E-state index contributed by atoms with van der Waals surface area (Å²) in [6.45, 7) is 7.78. The van der Waals surface area contributed by atoms with Crippen LogP contribution in [0.3, 0.4) is 0 Å². The van der Waals surface area contributed by atoms with Crippen LogP contribution in [0.1, 0.15) is 33.3 Å². The summed E-state index contributed by atoms with van der Waals surface area (Å²) in [7, 11) is 0. The van der Waals surface area contributed by atoms with Crippen molar-refractivity contribution in [3.8, 4) is 0 Å². The van der Waals surface area contributed by atoms with Gasteiger partial charge in [-0.1, -0.05) is 38.1 Å². The number of carbonyl (C=O) groups is 1. The second kappa shape index (κ2) is 5.57. The molecule has 0 spiro atoms. The molecule has 0 bridgehead atoms. The third-order valence-electron chi connectivity index (χ3n) is 3.03. The van der Waals surface area contributed by atoms with Gasteiger partial charge in [0.2, 0.25) is 5.91 Å². The largest absolute Gasteiger partial charge is 0.352 e. The number of fused-ring (bicyclic) bond motifs is 1. The maximum absolute atomic E-state index is 12.5. The molecule has 1 amide bonds. The van der Waals surface area contributed by atoms with Crippen LogP contribution in [0.15, 0.2) is 30.3 Å². The van der Waals surface area contributed by atoms with E-state index in [9.17, 15) is 4.79 Å². The summed E-state index contributed by atoms with van der Waals surface area (Å²) in [6.07, 6.45) is 3.72. The molecule has 0 radical (unpaired) electrons. The lowest BCUT2D eigenvalue weighted by molar-refractivity contribution is -0.124. The fraction of sp³-hybridized carbons (Fsp3) is 0.438. The number of benzene rings is 1. The average molecular weight is 259 g/mol. The van der Waals surface area contributed by atoms with Gasteiger partial charge in [0.15, 0.2) is 6.23 Å². The van der Waals surface area contributed by atoms with Crippen molar-refractivity contribution in [2.24, 2.45) is 5.92 Å². The first-order valence-electron chi connectivity index (χ1n) is 6.76. The molecule has 3 heteroatoms. The predicted molar refractivity (Wildman–Crippen MR) is 77.8 cm³/mol. The SMILES string of the molecule is CC(C)OC1C=Cc2ccccc2N1C(=O)C(C)C. The molecule has 0 fully saturated rings. The molecule has 1 aliphatic rings. The molecule has 3 nitrogen and oxygen atoms in total. The summed E-state index contributed by atoms with van der Waals surface area (Å²) in [5.41, 5.74) is 1.98. The van der Waals surface area contributed by atoms with Gasteiger partial charge in [-0.2, -0.15) is 0 Å². The minimum Gasteiger partial charge on any atom is -0.352 e. The number of rotatable bonds is 3. The molecule has 0 aliphatic carbocycles. The van der Waals surface area contributed by atoms with Crippen LogP contribution < -0.4 is 4.90 Å². The van der Waals surface area contributed by atoms with Crippen molar-refractivity contribution in [1.82, 2.24) is 0 Å². The van der Waals surface area contributed by atoms with E-state index < -0.39 is 0 Å². The Morgan fingerprint density at radius 3 is 2.53 bits per heavy atom. The van der Waals surface area contributed by atoms with Crippen LogP contribution in [0, 0.1) is 5.92 Å². The standard InChI is InChI=1S/C16H21NO2/c1-11(2)16(18)17-14-8-6-5-7-13(14)9-10-15(17)19-12(3)4/h5-12,15H,1-4H3. The van der Waals surface area contributed by atoms with Crippen molar-refractivity contribution in [3.63, 3.8) is 0 Å². The summed E-state index contributed by atoms with van der Waals surface area (Å²) < 4.78 is 5.85. The highest BCUT2D eigenvalue weighted by Crippen LogP contribution is 2.31. The van der Waals surface area contributed by atoms with E-state index in [0.29, 0.717) is 0 Å². The molecule has 1 aromatic rings. The van der Waals surface area contributed by atoms with Crippen molar-refractivity contribution in [3.05, 3.63) is 35.9 Å². The minimum atomic E-state index is -0.315. The van der Waals surface area contributed by atoms with Crippen LogP contribution in [0.5, 0.6) is 0 Å². The van der Waals surface area contributed by atoms with Crippen LogP contribution in [-0.4, -0.2) is 18.2 Å². The second-order valence-corrected chi connectivity index (χ2v) is 5.36. The Labute approximate surface area is 114 Å². The zero-order valence-corrected chi connectivity index (χ0v) is 12.0. The Morgan fingerprint density at radius 2 is 1.89 bits per heavy atom. The lowest BCUT2D eigenvalue weighted by Gasteiger charge is -2.35. The van der Waals surface area contributed by atoms with E-state index in [-0.39, 0.29) is 24.2 Å². The first kappa shape index (κ1) is 13.8. The molecule has 1 aliphatic heterocycles. The highest BCUT2D eigenvalue weighted by Gasteiger charge is 2.30. The molecule has 1 unspecified atom stereocenters. The summed E-state index contributed by atoms with van der Waals surface area (Å²) >= 11 is 0. The third kappa shape index (κ3) is 2.87. The molecule has 0 saturated heterocycles. The highest BCUT2D eigenvalue weighted by atomic mass is 16.5. The quantitative estimate of drug-likeness (QED) is 0.832. The van der Waals surface area contributed by atoms with E-state index in [1.807, 2.05) is 64.1 Å². The van der Waals surface area contributed by atoms with E-state index in [1.54, 1.807) is 4.90 Å². The van der Waals surface area contributed by atoms with Crippen LogP contribution in [0.2, 0.25) is 0 Å². The number of para-hydroxylation sites is 1. The predicted octanol–water partition coefficient (Wildman–Crippen LogP) is 3.45. The lowest BCUT2D eigenvalue weighted by Crippen LogP contribution is -2.45. The Morgan fingerprint density at radius 1 is 1.21 bits per heavy atom. The number of anilines is 1. The Hall–Kier alpha value is -1.61. The number of nitrogens with zero attached hydrogens (tertiary/aromatic N) is 1. The van der Waals surface area contributed by atoms with Gasteiger partial charge in [0, 0.05) is 5.92 Å². The van der Waals surface area contributed by atoms with Gasteiger partial charge >= 0.3 is 0 Å². The molecule has 1 heterocycles. The van der Waals surface area contributed by atoms with Gasteiger partial charge in [0.05, 0.1) is 11.8 Å². The van der Waals surface area contributed by atoms with Crippen LogP contribution >= 0.6 is 0 Å². The van der Waals surface area contributed by atoms with E-state index >= 15 is 0 Å². The molecule has 102 valence electrons. The summed E-state index contributed by atoms with van der Waals surface area (Å²) in [5, 5.41) is 0. The smallest absolute Gasteiger partial charge is 0.231 e. The van der Waals surface area contributed by atoms with Crippen molar-refractivity contribution < 1.29 is 9.53 Å². The molecule has 2 rings (SSSR count). The van der Waals surface area contributed by atoms with E-state index in [4.69, 9.17) is 4.74 Å². The van der Waals surface area contributed by atoms with Crippen LogP contribution in [0.25, 0.3) is 6.08 Å². The average Bonchev–Trinajstić information content (AvgIpc) is 2.37. The number of ether oxygens (including phenoxy) is 1. The molecular weight excluding hydrogens is 238 g/mol. The van der Waals surface area contributed by atoms with Crippen molar-refractivity contribution in [2.75, 3.05) is 4.90 Å². The molecule has 19 heavy (non-hydrogen) atoms. The number of hydrogen-bond acceptors (Lipinski definition) is 2. The fourth-order valence-electron chi connectivity index (χ4n) is 2.16. The summed E-state index contributed by atoms with van der Waals surface area (Å²) in [5.74, 6) is 0.0280. The lowest BCUT2D eigenvalue weighted by atomic mass is 10.0. The normalized spacial score (nSPS) is 18.0. The molecule has 0 N–H and O–H groups in total. The third-order valence-corrected chi connectivity index (χ3v) is 3.03. The molecule has 0 saturated carbocycles. The van der Waals surface area contributed by atoms with Gasteiger partial charge < -0.3 is 4.74 Å². The first-order chi connectivity index (χ1) is 9.00. The zero-order chi connectivity index (χ0) is 14.0. The summed E-state index contributed by atoms with van der Waals surface area (Å²) in [6, 6.07) is 7.91. The van der Waals surface area contributed by atoms with Gasteiger partial charge in [-0.25, -0.2) is 0 Å². The monoisotopic (exact) mass is 259 g/mol. The Bertz CT molecular complexity index is 491. The Balaban J connectivity index is 2.40. The van der Waals surface area contributed by atoms with Crippen LogP contribution in [0.4, 0.5) is 5.69 Å². The van der Waals surface area contributed by atoms with Crippen molar-refractivity contribution in [1.29, 1.82) is 0 Å². The second-order valence-electron chi connectivity index (χ2n) is 5.36. The molecular formula is C16H21NO2. The van der Waals surface area contributed by atoms with E-state index in [2.05, 4.69) is 0 Å². The Kier molecular flexibility index (Phi) is 4.05. The number of amides is 1. The highest BCUT2D eigenvalue weighted by molar-refractivity contribution is 5.98. The topological polar surface area (TPSA) is 29.5 Å². The van der Waals surface area contributed by atoms with Crippen molar-refractivity contribution in [2.45, 2.75) is 40.0 Å². The molecule has 0 aromatic heterocycles. The van der Waals surface area contributed by atoms with Gasteiger partial charge in [0.25, 0.3) is 0 Å². The maximum Gasteiger partial charge on any atom is 0.231 e. The fourth-order valence-corrected chi connectivity index (χ4v) is 2.16. The van der Waals surface area contributed by atoms with Gasteiger partial charge in [-0.3, -0.25) is 9.69 Å². The number of carbonyl (C=O) groups excluding carboxylic acids is 1.